The third kappa shape index (κ3) is 5.07. The van der Waals surface area contributed by atoms with E-state index in [1.54, 1.807) is 0 Å². The van der Waals surface area contributed by atoms with Crippen LogP contribution in [0.1, 0.15) is 24.1 Å². The van der Waals surface area contributed by atoms with E-state index >= 15 is 0 Å². The number of nitriles is 1. The second-order valence-electron chi connectivity index (χ2n) is 5.88. The van der Waals surface area contributed by atoms with Gasteiger partial charge in [0.1, 0.15) is 11.4 Å². The number of hydrogen-bond donors (Lipinski definition) is 1. The first-order valence-electron chi connectivity index (χ1n) is 8.57. The molecule has 3 rings (SSSR count). The molecular weight excluding hydrogens is 312 g/mol. The molecule has 5 heteroatoms. The number of ether oxygens (including phenoxy) is 1. The van der Waals surface area contributed by atoms with Gasteiger partial charge in [-0.1, -0.05) is 18.2 Å². The van der Waals surface area contributed by atoms with Gasteiger partial charge in [0.05, 0.1) is 18.4 Å². The fourth-order valence-corrected chi connectivity index (χ4v) is 2.64. The van der Waals surface area contributed by atoms with Crippen LogP contribution in [0.15, 0.2) is 54.9 Å². The number of benzene rings is 1. The highest BCUT2D eigenvalue weighted by Gasteiger charge is 2.01. The molecule has 2 heterocycles. The second kappa shape index (κ2) is 8.86. The van der Waals surface area contributed by atoms with E-state index in [2.05, 4.69) is 28.6 Å². The average molecular weight is 334 g/mol. The number of pyridine rings is 1. The molecule has 0 saturated heterocycles. The molecular formula is C20H22N4O. The van der Waals surface area contributed by atoms with Gasteiger partial charge in [-0.05, 0) is 36.2 Å². The third-order valence-corrected chi connectivity index (χ3v) is 3.90. The number of aromatic nitrogens is 2. The van der Waals surface area contributed by atoms with Gasteiger partial charge in [-0.2, -0.15) is 5.26 Å². The second-order valence-corrected chi connectivity index (χ2v) is 5.88. The summed E-state index contributed by atoms with van der Waals surface area (Å²) in [6, 6.07) is 16.2. The number of nitrogens with one attached hydrogen (secondary N) is 1. The maximum atomic E-state index is 8.53. The molecule has 5 nitrogen and oxygen atoms in total. The van der Waals surface area contributed by atoms with Crippen LogP contribution in [0, 0.1) is 11.3 Å². The van der Waals surface area contributed by atoms with E-state index < -0.39 is 0 Å². The molecule has 0 amide bonds. The predicted octanol–water partition coefficient (Wildman–Crippen LogP) is 3.35. The standard InChI is InChI=1S/C20H22N4O/c21-10-2-4-13-25-19-7-5-6-17(14-19)15-22-11-9-18-16-24-12-3-1-8-20(24)23-18/h1,3,5-8,12,14,16,22H,2,4,9,11,13,15H2. The van der Waals surface area contributed by atoms with Gasteiger partial charge in [-0.15, -0.1) is 0 Å². The lowest BCUT2D eigenvalue weighted by Crippen LogP contribution is -2.16. The summed E-state index contributed by atoms with van der Waals surface area (Å²) in [4.78, 5) is 4.60. The van der Waals surface area contributed by atoms with Gasteiger partial charge in [0.15, 0.2) is 0 Å². The van der Waals surface area contributed by atoms with E-state index in [1.165, 1.54) is 5.56 Å². The van der Waals surface area contributed by atoms with Crippen molar-refractivity contribution in [2.75, 3.05) is 13.2 Å². The summed E-state index contributed by atoms with van der Waals surface area (Å²) in [6.45, 7) is 2.25. The number of imidazole rings is 1. The van der Waals surface area contributed by atoms with Gasteiger partial charge in [-0.25, -0.2) is 4.98 Å². The van der Waals surface area contributed by atoms with Gasteiger partial charge in [0.25, 0.3) is 0 Å². The highest BCUT2D eigenvalue weighted by molar-refractivity contribution is 5.39. The zero-order valence-electron chi connectivity index (χ0n) is 14.2. The molecule has 0 spiro atoms. The fraction of sp³-hybridized carbons (Fsp3) is 0.300. The van der Waals surface area contributed by atoms with Crippen LogP contribution in [0.25, 0.3) is 5.65 Å². The van der Waals surface area contributed by atoms with E-state index in [9.17, 15) is 0 Å². The molecule has 0 saturated carbocycles. The Hall–Kier alpha value is -2.84. The van der Waals surface area contributed by atoms with Crippen molar-refractivity contribution in [2.45, 2.75) is 25.8 Å². The quantitative estimate of drug-likeness (QED) is 0.610. The lowest BCUT2D eigenvalue weighted by molar-refractivity contribution is 0.312. The Kier molecular flexibility index (Phi) is 6.02. The third-order valence-electron chi connectivity index (χ3n) is 3.90. The van der Waals surface area contributed by atoms with Crippen LogP contribution < -0.4 is 10.1 Å². The van der Waals surface area contributed by atoms with Crippen LogP contribution in [-0.2, 0) is 13.0 Å². The summed E-state index contributed by atoms with van der Waals surface area (Å²) in [5.74, 6) is 0.859. The first-order valence-corrected chi connectivity index (χ1v) is 8.57. The first-order chi connectivity index (χ1) is 12.3. The Morgan fingerprint density at radius 2 is 2.16 bits per heavy atom. The lowest BCUT2D eigenvalue weighted by atomic mass is 10.2. The smallest absolute Gasteiger partial charge is 0.136 e. The van der Waals surface area contributed by atoms with E-state index in [0.29, 0.717) is 13.0 Å². The van der Waals surface area contributed by atoms with Gasteiger partial charge in [0, 0.05) is 38.3 Å². The van der Waals surface area contributed by atoms with Crippen LogP contribution in [0.4, 0.5) is 0 Å². The number of nitrogens with zero attached hydrogens (tertiary/aromatic N) is 3. The van der Waals surface area contributed by atoms with Crippen molar-refractivity contribution >= 4 is 5.65 Å². The molecule has 1 aromatic carbocycles. The highest BCUT2D eigenvalue weighted by atomic mass is 16.5. The fourth-order valence-electron chi connectivity index (χ4n) is 2.64. The Labute approximate surface area is 147 Å². The van der Waals surface area contributed by atoms with E-state index in [1.807, 2.05) is 47.0 Å². The molecule has 0 aliphatic carbocycles. The highest BCUT2D eigenvalue weighted by Crippen LogP contribution is 2.13. The molecule has 3 aromatic rings. The SMILES string of the molecule is N#CCCCOc1cccc(CNCCc2cn3ccccc3n2)c1. The molecule has 1 N–H and O–H groups in total. The molecule has 0 radical (unpaired) electrons. The van der Waals surface area contributed by atoms with Gasteiger partial charge < -0.3 is 14.5 Å². The Bertz CT molecular complexity index is 817. The van der Waals surface area contributed by atoms with Crippen LogP contribution >= 0.6 is 0 Å². The molecule has 2 aromatic heterocycles. The van der Waals surface area contributed by atoms with Gasteiger partial charge in [-0.3, -0.25) is 0 Å². The average Bonchev–Trinajstić information content (AvgIpc) is 3.06. The topological polar surface area (TPSA) is 62.3 Å². The molecule has 0 atom stereocenters. The van der Waals surface area contributed by atoms with Gasteiger partial charge >= 0.3 is 0 Å². The molecule has 128 valence electrons. The van der Waals surface area contributed by atoms with Crippen molar-refractivity contribution in [2.24, 2.45) is 0 Å². The Morgan fingerprint density at radius 1 is 1.20 bits per heavy atom. The van der Waals surface area contributed by atoms with Crippen LogP contribution in [0.3, 0.4) is 0 Å². The summed E-state index contributed by atoms with van der Waals surface area (Å²) in [5.41, 5.74) is 3.26. The summed E-state index contributed by atoms with van der Waals surface area (Å²) in [7, 11) is 0. The predicted molar refractivity (Wildman–Crippen MR) is 97.4 cm³/mol. The number of fused-ring (bicyclic) bond motifs is 1. The number of hydrogen-bond acceptors (Lipinski definition) is 4. The normalized spacial score (nSPS) is 10.7. The summed E-state index contributed by atoms with van der Waals surface area (Å²) in [6.07, 6.45) is 6.28. The Balaban J connectivity index is 1.43. The van der Waals surface area contributed by atoms with Gasteiger partial charge in [0.2, 0.25) is 0 Å². The zero-order chi connectivity index (χ0) is 17.3. The molecule has 0 bridgehead atoms. The minimum atomic E-state index is 0.532. The molecule has 0 aliphatic heterocycles. The van der Waals surface area contributed by atoms with Crippen molar-refractivity contribution < 1.29 is 4.74 Å². The van der Waals surface area contributed by atoms with Crippen LogP contribution in [0.2, 0.25) is 0 Å². The molecule has 0 unspecified atom stereocenters. The zero-order valence-corrected chi connectivity index (χ0v) is 14.2. The van der Waals surface area contributed by atoms with Crippen molar-refractivity contribution in [3.63, 3.8) is 0 Å². The number of rotatable bonds is 9. The maximum Gasteiger partial charge on any atom is 0.136 e. The minimum Gasteiger partial charge on any atom is -0.494 e. The first kappa shape index (κ1) is 17.0. The summed E-state index contributed by atoms with van der Waals surface area (Å²) < 4.78 is 7.71. The van der Waals surface area contributed by atoms with E-state index in [-0.39, 0.29) is 0 Å². The van der Waals surface area contributed by atoms with Crippen LogP contribution in [-0.4, -0.2) is 22.5 Å². The molecule has 0 fully saturated rings. The van der Waals surface area contributed by atoms with Crippen molar-refractivity contribution in [3.8, 4) is 11.8 Å². The van der Waals surface area contributed by atoms with Crippen LogP contribution in [0.5, 0.6) is 5.75 Å². The monoisotopic (exact) mass is 334 g/mol. The Morgan fingerprint density at radius 3 is 3.04 bits per heavy atom. The largest absolute Gasteiger partial charge is 0.494 e. The lowest BCUT2D eigenvalue weighted by Gasteiger charge is -2.08. The summed E-state index contributed by atoms with van der Waals surface area (Å²) >= 11 is 0. The molecule has 0 aliphatic rings. The minimum absolute atomic E-state index is 0.532. The van der Waals surface area contributed by atoms with E-state index in [4.69, 9.17) is 10.00 Å². The number of unbranched alkanes of at least 4 members (excludes halogenated alkanes) is 1. The van der Waals surface area contributed by atoms with Crippen molar-refractivity contribution in [1.82, 2.24) is 14.7 Å². The van der Waals surface area contributed by atoms with Crippen molar-refractivity contribution in [1.29, 1.82) is 5.26 Å². The van der Waals surface area contributed by atoms with Crippen molar-refractivity contribution in [3.05, 3.63) is 66.1 Å². The molecule has 25 heavy (non-hydrogen) atoms. The summed E-state index contributed by atoms with van der Waals surface area (Å²) in [5, 5.41) is 12.0. The van der Waals surface area contributed by atoms with E-state index in [0.717, 1.165) is 43.0 Å². The maximum absolute atomic E-state index is 8.53.